The van der Waals surface area contributed by atoms with Crippen LogP contribution in [0, 0.1) is 6.92 Å². The number of aromatic nitrogens is 2. The van der Waals surface area contributed by atoms with Crippen LogP contribution in [0.4, 0.5) is 0 Å². The van der Waals surface area contributed by atoms with Gasteiger partial charge in [0, 0.05) is 23.7 Å². The van der Waals surface area contributed by atoms with Crippen LogP contribution in [-0.2, 0) is 0 Å². The van der Waals surface area contributed by atoms with Crippen molar-refractivity contribution < 1.29 is 0 Å². The van der Waals surface area contributed by atoms with Crippen molar-refractivity contribution in [3.05, 3.63) is 48.4 Å². The summed E-state index contributed by atoms with van der Waals surface area (Å²) in [5.41, 5.74) is 3.07. The molecule has 0 unspecified atom stereocenters. The van der Waals surface area contributed by atoms with E-state index in [4.69, 9.17) is 0 Å². The van der Waals surface area contributed by atoms with Crippen LogP contribution in [0.15, 0.2) is 42.7 Å². The van der Waals surface area contributed by atoms with Crippen LogP contribution < -0.4 is 0 Å². The largest absolute Gasteiger partial charge is 0.264 e. The van der Waals surface area contributed by atoms with Crippen molar-refractivity contribution in [3.63, 3.8) is 0 Å². The number of hydrogen-bond donors (Lipinski definition) is 0. The van der Waals surface area contributed by atoms with Crippen LogP contribution in [0.3, 0.4) is 0 Å². The predicted octanol–water partition coefficient (Wildman–Crippen LogP) is 4.50. The highest BCUT2D eigenvalue weighted by Crippen LogP contribution is 2.14. The highest BCUT2D eigenvalue weighted by Gasteiger charge is 1.97. The molecule has 2 nitrogen and oxygen atoms in total. The Kier molecular flexibility index (Phi) is 8.57. The summed E-state index contributed by atoms with van der Waals surface area (Å²) in [7, 11) is 0. The van der Waals surface area contributed by atoms with E-state index >= 15 is 0 Å². The van der Waals surface area contributed by atoms with E-state index < -0.39 is 0 Å². The van der Waals surface area contributed by atoms with Gasteiger partial charge in [-0.05, 0) is 31.2 Å². The van der Waals surface area contributed by atoms with Crippen molar-refractivity contribution >= 4 is 0 Å². The number of hydrogen-bond acceptors (Lipinski definition) is 2. The molecule has 0 bridgehead atoms. The van der Waals surface area contributed by atoms with Crippen LogP contribution in [0.1, 0.15) is 33.4 Å². The Morgan fingerprint density at radius 1 is 0.882 bits per heavy atom. The van der Waals surface area contributed by atoms with E-state index in [1.54, 1.807) is 6.20 Å². The normalized spacial score (nSPS) is 8.29. The second-order valence-corrected chi connectivity index (χ2v) is 2.91. The lowest BCUT2D eigenvalue weighted by molar-refractivity contribution is 1.20. The van der Waals surface area contributed by atoms with Crippen molar-refractivity contribution in [2.75, 3.05) is 0 Å². The molecule has 0 aliphatic carbocycles. The van der Waals surface area contributed by atoms with E-state index in [1.165, 1.54) is 0 Å². The third kappa shape index (κ3) is 5.25. The Balaban J connectivity index is 0.000000581. The predicted molar refractivity (Wildman–Crippen MR) is 74.9 cm³/mol. The molecule has 0 N–H and O–H groups in total. The van der Waals surface area contributed by atoms with Crippen molar-refractivity contribution in [2.24, 2.45) is 0 Å². The summed E-state index contributed by atoms with van der Waals surface area (Å²) in [6.07, 6.45) is 3.58. The topological polar surface area (TPSA) is 25.8 Å². The number of rotatable bonds is 1. The van der Waals surface area contributed by atoms with Gasteiger partial charge in [-0.2, -0.15) is 0 Å². The first-order valence-electron chi connectivity index (χ1n) is 6.20. The first kappa shape index (κ1) is 15.3. The van der Waals surface area contributed by atoms with Crippen LogP contribution in [0.2, 0.25) is 0 Å². The number of aryl methyl sites for hydroxylation is 1. The molecule has 0 radical (unpaired) electrons. The van der Waals surface area contributed by atoms with Crippen LogP contribution >= 0.6 is 0 Å². The fraction of sp³-hybridized carbons (Fsp3) is 0.333. The summed E-state index contributed by atoms with van der Waals surface area (Å²) in [5.74, 6) is 0. The van der Waals surface area contributed by atoms with E-state index in [1.807, 2.05) is 71.1 Å². The molecule has 17 heavy (non-hydrogen) atoms. The minimum atomic E-state index is 0.980. The maximum Gasteiger partial charge on any atom is 0.0720 e. The van der Waals surface area contributed by atoms with Gasteiger partial charge in [0.15, 0.2) is 0 Å². The van der Waals surface area contributed by atoms with Crippen LogP contribution in [0.25, 0.3) is 11.3 Å². The van der Waals surface area contributed by atoms with Gasteiger partial charge >= 0.3 is 0 Å². The third-order valence-electron chi connectivity index (χ3n) is 1.85. The molecule has 0 amide bonds. The van der Waals surface area contributed by atoms with Crippen LogP contribution in [0.5, 0.6) is 0 Å². The summed E-state index contributed by atoms with van der Waals surface area (Å²) in [6.45, 7) is 9.99. The average Bonchev–Trinajstić information content (AvgIpc) is 2.44. The molecule has 2 aromatic rings. The van der Waals surface area contributed by atoms with E-state index in [2.05, 4.69) is 9.97 Å². The highest BCUT2D eigenvalue weighted by atomic mass is 14.7. The molecule has 0 spiro atoms. The Hall–Kier alpha value is -1.70. The summed E-state index contributed by atoms with van der Waals surface area (Å²) in [6, 6.07) is 9.91. The monoisotopic (exact) mass is 230 g/mol. The van der Waals surface area contributed by atoms with E-state index in [0.29, 0.717) is 0 Å². The van der Waals surface area contributed by atoms with Gasteiger partial charge in [-0.25, -0.2) is 0 Å². The number of nitrogens with zero attached hydrogens (tertiary/aromatic N) is 2. The first-order chi connectivity index (χ1) is 8.36. The summed E-state index contributed by atoms with van der Waals surface area (Å²) in [5, 5.41) is 0. The molecule has 0 aliphatic rings. The highest BCUT2D eigenvalue weighted by molar-refractivity contribution is 5.57. The lowest BCUT2D eigenvalue weighted by Crippen LogP contribution is -1.85. The lowest BCUT2D eigenvalue weighted by atomic mass is 10.2. The van der Waals surface area contributed by atoms with E-state index in [9.17, 15) is 0 Å². The molecular weight excluding hydrogens is 208 g/mol. The molecule has 2 aromatic heterocycles. The van der Waals surface area contributed by atoms with Gasteiger partial charge in [0.2, 0.25) is 0 Å². The fourth-order valence-corrected chi connectivity index (χ4v) is 1.22. The Labute approximate surface area is 105 Å². The Morgan fingerprint density at radius 2 is 1.59 bits per heavy atom. The molecule has 92 valence electrons. The fourth-order valence-electron chi connectivity index (χ4n) is 1.22. The Bertz CT molecular complexity index is 397. The molecule has 0 aliphatic heterocycles. The van der Waals surface area contributed by atoms with Crippen molar-refractivity contribution in [1.82, 2.24) is 9.97 Å². The van der Waals surface area contributed by atoms with E-state index in [0.717, 1.165) is 17.0 Å². The molecule has 0 fully saturated rings. The van der Waals surface area contributed by atoms with Crippen molar-refractivity contribution in [1.29, 1.82) is 0 Å². The smallest absolute Gasteiger partial charge is 0.0720 e. The van der Waals surface area contributed by atoms with Gasteiger partial charge in [0.25, 0.3) is 0 Å². The number of pyridine rings is 2. The molecule has 0 atom stereocenters. The van der Waals surface area contributed by atoms with Gasteiger partial charge in [-0.3, -0.25) is 9.97 Å². The van der Waals surface area contributed by atoms with Gasteiger partial charge in [0.1, 0.15) is 0 Å². The summed E-state index contributed by atoms with van der Waals surface area (Å²) < 4.78 is 0. The van der Waals surface area contributed by atoms with Gasteiger partial charge in [-0.15, -0.1) is 0 Å². The standard InChI is InChI=1S/C11H10N2.2C2H6/c1-9-4-2-6-11(13-9)10-5-3-7-12-8-10;2*1-2/h2-8H,1H3;2*1-2H3. The van der Waals surface area contributed by atoms with Gasteiger partial charge in [-0.1, -0.05) is 33.8 Å². The maximum atomic E-state index is 4.40. The van der Waals surface area contributed by atoms with Gasteiger partial charge in [0.05, 0.1) is 5.69 Å². The van der Waals surface area contributed by atoms with Crippen molar-refractivity contribution in [3.8, 4) is 11.3 Å². The molecule has 2 heteroatoms. The second-order valence-electron chi connectivity index (χ2n) is 2.91. The third-order valence-corrected chi connectivity index (χ3v) is 1.85. The van der Waals surface area contributed by atoms with Crippen molar-refractivity contribution in [2.45, 2.75) is 34.6 Å². The Morgan fingerprint density at radius 3 is 2.12 bits per heavy atom. The first-order valence-corrected chi connectivity index (χ1v) is 6.20. The summed E-state index contributed by atoms with van der Waals surface area (Å²) in [4.78, 5) is 8.45. The molecule has 0 saturated carbocycles. The SMILES string of the molecule is CC.CC.Cc1cccc(-c2cccnc2)n1. The molecule has 0 saturated heterocycles. The molecule has 2 rings (SSSR count). The van der Waals surface area contributed by atoms with Gasteiger partial charge < -0.3 is 0 Å². The zero-order valence-corrected chi connectivity index (χ0v) is 11.4. The average molecular weight is 230 g/mol. The molecule has 2 heterocycles. The summed E-state index contributed by atoms with van der Waals surface area (Å²) >= 11 is 0. The molecule has 0 aromatic carbocycles. The maximum absolute atomic E-state index is 4.40. The zero-order chi connectivity index (χ0) is 13.1. The quantitative estimate of drug-likeness (QED) is 0.720. The van der Waals surface area contributed by atoms with E-state index in [-0.39, 0.29) is 0 Å². The minimum absolute atomic E-state index is 0.980. The minimum Gasteiger partial charge on any atom is -0.264 e. The molecular formula is C15H22N2. The lowest BCUT2D eigenvalue weighted by Gasteiger charge is -1.99. The van der Waals surface area contributed by atoms with Crippen LogP contribution in [-0.4, -0.2) is 9.97 Å². The second kappa shape index (κ2) is 9.52. The zero-order valence-electron chi connectivity index (χ0n) is 11.4.